The predicted octanol–water partition coefficient (Wildman–Crippen LogP) is 1.38. The lowest BCUT2D eigenvalue weighted by Crippen LogP contribution is -2.11. The molecule has 0 bridgehead atoms. The molecule has 0 radical (unpaired) electrons. The number of allylic oxidation sites excluding steroid dienone is 2. The highest BCUT2D eigenvalue weighted by Crippen LogP contribution is 2.00. The van der Waals surface area contributed by atoms with Gasteiger partial charge in [-0.15, -0.1) is 0 Å². The van der Waals surface area contributed by atoms with Crippen molar-refractivity contribution in [3.8, 4) is 0 Å². The van der Waals surface area contributed by atoms with Gasteiger partial charge in [0.2, 0.25) is 5.91 Å². The van der Waals surface area contributed by atoms with E-state index in [1.807, 2.05) is 6.92 Å². The van der Waals surface area contributed by atoms with Crippen LogP contribution in [0.15, 0.2) is 23.8 Å². The van der Waals surface area contributed by atoms with E-state index in [0.29, 0.717) is 5.57 Å². The van der Waals surface area contributed by atoms with Crippen molar-refractivity contribution in [2.24, 2.45) is 5.73 Å². The molecule has 0 aliphatic carbocycles. The summed E-state index contributed by atoms with van der Waals surface area (Å²) in [5.74, 6) is -0.360. The Morgan fingerprint density at radius 1 is 1.60 bits per heavy atom. The molecule has 0 saturated heterocycles. The largest absolute Gasteiger partial charge is 0.366 e. The van der Waals surface area contributed by atoms with E-state index in [1.165, 1.54) is 0 Å². The van der Waals surface area contributed by atoms with Crippen LogP contribution < -0.4 is 5.73 Å². The van der Waals surface area contributed by atoms with Gasteiger partial charge in [0.05, 0.1) is 0 Å². The number of hydrogen-bond acceptors (Lipinski definition) is 1. The first-order valence-electron chi connectivity index (χ1n) is 3.15. The molecule has 0 aliphatic heterocycles. The molecule has 0 atom stereocenters. The Morgan fingerprint density at radius 2 is 2.10 bits per heavy atom. The van der Waals surface area contributed by atoms with Gasteiger partial charge in [-0.2, -0.15) is 0 Å². The molecule has 56 valence electrons. The Morgan fingerprint density at radius 3 is 2.40 bits per heavy atom. The number of carbonyl (C=O) groups is 1. The zero-order valence-corrected chi connectivity index (χ0v) is 6.48. The molecule has 0 aliphatic rings. The highest BCUT2D eigenvalue weighted by atomic mass is 16.1. The molecule has 0 aromatic rings. The second-order valence-corrected chi connectivity index (χ2v) is 2.41. The minimum Gasteiger partial charge on any atom is -0.366 e. The zero-order valence-electron chi connectivity index (χ0n) is 6.48. The number of nitrogens with two attached hydrogens (primary N) is 1. The molecule has 0 rings (SSSR count). The Hall–Kier alpha value is -1.05. The zero-order chi connectivity index (χ0) is 8.15. The summed E-state index contributed by atoms with van der Waals surface area (Å²) in [7, 11) is 0. The standard InChI is InChI=1S/C8H13NO/c1-6(2)4-5-7(3)8(9)10/h5H,1,4H2,2-3H3,(H2,9,10)/b7-5+. The molecule has 2 nitrogen and oxygen atoms in total. The fraction of sp³-hybridized carbons (Fsp3) is 0.375. The molecular formula is C8H13NO. The first-order chi connectivity index (χ1) is 4.54. The van der Waals surface area contributed by atoms with Gasteiger partial charge in [-0.3, -0.25) is 4.79 Å². The molecule has 0 aromatic heterocycles. The van der Waals surface area contributed by atoms with Crippen LogP contribution in [0.1, 0.15) is 20.3 Å². The van der Waals surface area contributed by atoms with Crippen LogP contribution in [0.2, 0.25) is 0 Å². The second-order valence-electron chi connectivity index (χ2n) is 2.41. The Labute approximate surface area is 61.4 Å². The van der Waals surface area contributed by atoms with Crippen LogP contribution in [0.25, 0.3) is 0 Å². The van der Waals surface area contributed by atoms with Gasteiger partial charge in [-0.25, -0.2) is 0 Å². The Balaban J connectivity index is 3.92. The average molecular weight is 139 g/mol. The van der Waals surface area contributed by atoms with E-state index in [-0.39, 0.29) is 5.91 Å². The molecule has 0 aromatic carbocycles. The van der Waals surface area contributed by atoms with Gasteiger partial charge >= 0.3 is 0 Å². The topological polar surface area (TPSA) is 43.1 Å². The third-order valence-electron chi connectivity index (χ3n) is 1.15. The van der Waals surface area contributed by atoms with Crippen LogP contribution in [0, 0.1) is 0 Å². The van der Waals surface area contributed by atoms with E-state index in [0.717, 1.165) is 12.0 Å². The molecule has 2 N–H and O–H groups in total. The van der Waals surface area contributed by atoms with Crippen LogP contribution in [-0.4, -0.2) is 5.91 Å². The van der Waals surface area contributed by atoms with Crippen LogP contribution in [0.4, 0.5) is 0 Å². The third-order valence-corrected chi connectivity index (χ3v) is 1.15. The monoisotopic (exact) mass is 139 g/mol. The van der Waals surface area contributed by atoms with Gasteiger partial charge in [-0.05, 0) is 20.3 Å². The lowest BCUT2D eigenvalue weighted by atomic mass is 10.2. The van der Waals surface area contributed by atoms with E-state index >= 15 is 0 Å². The first-order valence-corrected chi connectivity index (χ1v) is 3.15. The van der Waals surface area contributed by atoms with Crippen molar-refractivity contribution in [3.05, 3.63) is 23.8 Å². The van der Waals surface area contributed by atoms with Crippen molar-refractivity contribution in [2.45, 2.75) is 20.3 Å². The van der Waals surface area contributed by atoms with E-state index in [4.69, 9.17) is 5.73 Å². The van der Waals surface area contributed by atoms with Crippen molar-refractivity contribution in [3.63, 3.8) is 0 Å². The molecule has 10 heavy (non-hydrogen) atoms. The Bertz CT molecular complexity index is 180. The fourth-order valence-corrected chi connectivity index (χ4v) is 0.428. The highest BCUT2D eigenvalue weighted by molar-refractivity contribution is 5.91. The molecular weight excluding hydrogens is 126 g/mol. The number of carbonyl (C=O) groups excluding carboxylic acids is 1. The number of rotatable bonds is 3. The predicted molar refractivity (Wildman–Crippen MR) is 42.4 cm³/mol. The molecule has 0 heterocycles. The quantitative estimate of drug-likeness (QED) is 0.466. The van der Waals surface area contributed by atoms with Crippen molar-refractivity contribution < 1.29 is 4.79 Å². The molecule has 2 heteroatoms. The normalized spacial score (nSPS) is 11.2. The van der Waals surface area contributed by atoms with Crippen LogP contribution in [-0.2, 0) is 4.79 Å². The first kappa shape index (κ1) is 8.95. The maximum Gasteiger partial charge on any atom is 0.244 e. The fourth-order valence-electron chi connectivity index (χ4n) is 0.428. The number of primary amides is 1. The summed E-state index contributed by atoms with van der Waals surface area (Å²) >= 11 is 0. The van der Waals surface area contributed by atoms with E-state index in [9.17, 15) is 4.79 Å². The van der Waals surface area contributed by atoms with Gasteiger partial charge in [0, 0.05) is 5.57 Å². The van der Waals surface area contributed by atoms with Crippen LogP contribution in [0.5, 0.6) is 0 Å². The van der Waals surface area contributed by atoms with Crippen LogP contribution in [0.3, 0.4) is 0 Å². The number of amides is 1. The van der Waals surface area contributed by atoms with Crippen molar-refractivity contribution in [1.29, 1.82) is 0 Å². The summed E-state index contributed by atoms with van der Waals surface area (Å²) in [6.07, 6.45) is 2.51. The number of hydrogen-bond donors (Lipinski definition) is 1. The summed E-state index contributed by atoms with van der Waals surface area (Å²) < 4.78 is 0. The molecule has 0 saturated carbocycles. The van der Waals surface area contributed by atoms with E-state index < -0.39 is 0 Å². The summed E-state index contributed by atoms with van der Waals surface area (Å²) in [5.41, 5.74) is 6.61. The maximum absolute atomic E-state index is 10.4. The lowest BCUT2D eigenvalue weighted by molar-refractivity contribution is -0.114. The van der Waals surface area contributed by atoms with Crippen molar-refractivity contribution in [1.82, 2.24) is 0 Å². The molecule has 1 amide bonds. The van der Waals surface area contributed by atoms with E-state index in [1.54, 1.807) is 13.0 Å². The minimum absolute atomic E-state index is 0.360. The third kappa shape index (κ3) is 3.89. The van der Waals surface area contributed by atoms with Crippen molar-refractivity contribution in [2.75, 3.05) is 0 Å². The lowest BCUT2D eigenvalue weighted by Gasteiger charge is -1.93. The summed E-state index contributed by atoms with van der Waals surface area (Å²) in [6.45, 7) is 7.30. The maximum atomic E-state index is 10.4. The van der Waals surface area contributed by atoms with Gasteiger partial charge in [0.1, 0.15) is 0 Å². The van der Waals surface area contributed by atoms with Crippen LogP contribution >= 0.6 is 0 Å². The van der Waals surface area contributed by atoms with Gasteiger partial charge in [0.15, 0.2) is 0 Å². The summed E-state index contributed by atoms with van der Waals surface area (Å²) in [5, 5.41) is 0. The van der Waals surface area contributed by atoms with Gasteiger partial charge in [0.25, 0.3) is 0 Å². The second kappa shape index (κ2) is 3.88. The van der Waals surface area contributed by atoms with Crippen molar-refractivity contribution >= 4 is 5.91 Å². The highest BCUT2D eigenvalue weighted by Gasteiger charge is 1.94. The molecule has 0 spiro atoms. The average Bonchev–Trinajstić information content (AvgIpc) is 1.82. The van der Waals surface area contributed by atoms with Gasteiger partial charge in [-0.1, -0.05) is 18.2 Å². The molecule has 0 fully saturated rings. The summed E-state index contributed by atoms with van der Waals surface area (Å²) in [6, 6.07) is 0. The SMILES string of the molecule is C=C(C)C/C=C(\C)C(N)=O. The minimum atomic E-state index is -0.360. The van der Waals surface area contributed by atoms with Gasteiger partial charge < -0.3 is 5.73 Å². The molecule has 0 unspecified atom stereocenters. The summed E-state index contributed by atoms with van der Waals surface area (Å²) in [4.78, 5) is 10.4. The Kier molecular flexibility index (Phi) is 3.47. The van der Waals surface area contributed by atoms with E-state index in [2.05, 4.69) is 6.58 Å². The smallest absolute Gasteiger partial charge is 0.244 e.